The van der Waals surface area contributed by atoms with Crippen LogP contribution in [0.4, 0.5) is 0 Å². The third-order valence-electron chi connectivity index (χ3n) is 5.99. The Bertz CT molecular complexity index is 945. The van der Waals surface area contributed by atoms with Crippen molar-refractivity contribution >= 4 is 17.7 Å². The van der Waals surface area contributed by atoms with Crippen LogP contribution < -0.4 is 4.74 Å². The average Bonchev–Trinajstić information content (AvgIpc) is 3.02. The van der Waals surface area contributed by atoms with Gasteiger partial charge < -0.3 is 19.4 Å². The van der Waals surface area contributed by atoms with Gasteiger partial charge in [-0.05, 0) is 29.7 Å². The molecule has 2 heterocycles. The van der Waals surface area contributed by atoms with E-state index in [2.05, 4.69) is 0 Å². The molecule has 2 aliphatic rings. The summed E-state index contributed by atoms with van der Waals surface area (Å²) < 4.78 is 5.16. The van der Waals surface area contributed by atoms with Gasteiger partial charge in [0.05, 0.1) is 13.5 Å². The Labute approximate surface area is 182 Å². The van der Waals surface area contributed by atoms with Crippen molar-refractivity contribution in [2.24, 2.45) is 0 Å². The van der Waals surface area contributed by atoms with Gasteiger partial charge >= 0.3 is 0 Å². The lowest BCUT2D eigenvalue weighted by molar-refractivity contribution is -0.156. The van der Waals surface area contributed by atoms with Crippen LogP contribution in [-0.2, 0) is 27.3 Å². The monoisotopic (exact) mass is 421 g/mol. The number of carbonyl (C=O) groups excluding carboxylic acids is 3. The Kier molecular flexibility index (Phi) is 6.21. The lowest BCUT2D eigenvalue weighted by Crippen LogP contribution is -2.59. The van der Waals surface area contributed by atoms with Gasteiger partial charge in [0, 0.05) is 26.2 Å². The summed E-state index contributed by atoms with van der Waals surface area (Å²) in [5.74, 6) is 0.670. The first-order valence-corrected chi connectivity index (χ1v) is 10.6. The van der Waals surface area contributed by atoms with Crippen LogP contribution in [0.5, 0.6) is 5.75 Å². The number of nitrogens with zero attached hydrogens (tertiary/aromatic N) is 3. The van der Waals surface area contributed by atoms with E-state index in [0.29, 0.717) is 32.6 Å². The summed E-state index contributed by atoms with van der Waals surface area (Å²) in [6.45, 7) is 1.82. The third kappa shape index (κ3) is 4.71. The summed E-state index contributed by atoms with van der Waals surface area (Å²) in [7, 11) is 1.61. The maximum Gasteiger partial charge on any atom is 0.246 e. The van der Waals surface area contributed by atoms with Gasteiger partial charge in [-0.1, -0.05) is 42.5 Å². The molecule has 2 saturated heterocycles. The number of piperazine rings is 1. The van der Waals surface area contributed by atoms with E-state index in [1.807, 2.05) is 54.6 Å². The van der Waals surface area contributed by atoms with Crippen LogP contribution >= 0.6 is 0 Å². The molecule has 0 bridgehead atoms. The zero-order chi connectivity index (χ0) is 21.8. The lowest BCUT2D eigenvalue weighted by atomic mass is 10.1. The number of ether oxygens (including phenoxy) is 1. The highest BCUT2D eigenvalue weighted by molar-refractivity contribution is 5.95. The van der Waals surface area contributed by atoms with Gasteiger partial charge in [0.1, 0.15) is 18.3 Å². The Morgan fingerprint density at radius 2 is 1.71 bits per heavy atom. The van der Waals surface area contributed by atoms with Crippen molar-refractivity contribution in [3.63, 3.8) is 0 Å². The molecular formula is C24H27N3O4. The molecule has 4 rings (SSSR count). The van der Waals surface area contributed by atoms with Gasteiger partial charge in [-0.2, -0.15) is 0 Å². The van der Waals surface area contributed by atoms with Crippen LogP contribution in [0.25, 0.3) is 0 Å². The fourth-order valence-electron chi connectivity index (χ4n) is 4.24. The second-order valence-corrected chi connectivity index (χ2v) is 7.98. The summed E-state index contributed by atoms with van der Waals surface area (Å²) in [5.41, 5.74) is 1.91. The standard InChI is InChI=1S/C24H27N3O4/c1-31-20-9-7-18(8-10-20)15-22(28)25-12-11-21-24(30)26(16-19-5-3-2-4-6-19)17-23(29)27(21)14-13-25/h2-10,21H,11-17H2,1H3. The minimum absolute atomic E-state index is 0.00561. The molecule has 3 amide bonds. The predicted molar refractivity (Wildman–Crippen MR) is 115 cm³/mol. The van der Waals surface area contributed by atoms with E-state index in [4.69, 9.17) is 4.74 Å². The van der Waals surface area contributed by atoms with Gasteiger partial charge in [0.2, 0.25) is 17.7 Å². The molecule has 0 aromatic heterocycles. The number of hydrogen-bond acceptors (Lipinski definition) is 4. The molecule has 31 heavy (non-hydrogen) atoms. The molecule has 2 aromatic carbocycles. The van der Waals surface area contributed by atoms with Crippen molar-refractivity contribution in [1.82, 2.24) is 14.7 Å². The summed E-state index contributed by atoms with van der Waals surface area (Å²) in [4.78, 5) is 43.8. The molecule has 0 N–H and O–H groups in total. The van der Waals surface area contributed by atoms with Gasteiger partial charge in [-0.25, -0.2) is 0 Å². The quantitative estimate of drug-likeness (QED) is 0.737. The van der Waals surface area contributed by atoms with Crippen LogP contribution in [0.15, 0.2) is 54.6 Å². The van der Waals surface area contributed by atoms with Crippen LogP contribution in [0.3, 0.4) is 0 Å². The third-order valence-corrected chi connectivity index (χ3v) is 5.99. The Balaban J connectivity index is 1.40. The average molecular weight is 421 g/mol. The molecule has 1 unspecified atom stereocenters. The number of amides is 3. The summed E-state index contributed by atoms with van der Waals surface area (Å²) >= 11 is 0. The fourth-order valence-corrected chi connectivity index (χ4v) is 4.24. The normalized spacial score (nSPS) is 19.1. The number of fused-ring (bicyclic) bond motifs is 1. The first-order chi connectivity index (χ1) is 15.0. The lowest BCUT2D eigenvalue weighted by Gasteiger charge is -2.39. The minimum Gasteiger partial charge on any atom is -0.497 e. The maximum atomic E-state index is 13.1. The van der Waals surface area contributed by atoms with Crippen molar-refractivity contribution in [2.45, 2.75) is 25.4 Å². The first kappa shape index (κ1) is 20.9. The van der Waals surface area contributed by atoms with E-state index in [0.717, 1.165) is 16.9 Å². The predicted octanol–water partition coefficient (Wildman–Crippen LogP) is 1.71. The topological polar surface area (TPSA) is 70.2 Å². The molecule has 0 radical (unpaired) electrons. The highest BCUT2D eigenvalue weighted by Gasteiger charge is 2.41. The number of carbonyl (C=O) groups is 3. The van der Waals surface area contributed by atoms with Crippen LogP contribution in [0.2, 0.25) is 0 Å². The van der Waals surface area contributed by atoms with Gasteiger partial charge in [0.25, 0.3) is 0 Å². The van der Waals surface area contributed by atoms with E-state index in [1.165, 1.54) is 0 Å². The molecule has 0 spiro atoms. The highest BCUT2D eigenvalue weighted by Crippen LogP contribution is 2.21. The molecular weight excluding hydrogens is 394 g/mol. The van der Waals surface area contributed by atoms with Crippen LogP contribution in [0.1, 0.15) is 17.5 Å². The molecule has 2 fully saturated rings. The van der Waals surface area contributed by atoms with Crippen molar-refractivity contribution in [3.05, 3.63) is 65.7 Å². The molecule has 1 atom stereocenters. The SMILES string of the molecule is COc1ccc(CC(=O)N2CCC3C(=O)N(Cc4ccccc4)CC(=O)N3CC2)cc1. The first-order valence-electron chi connectivity index (χ1n) is 10.6. The summed E-state index contributed by atoms with van der Waals surface area (Å²) in [5, 5.41) is 0. The largest absolute Gasteiger partial charge is 0.497 e. The van der Waals surface area contributed by atoms with E-state index in [1.54, 1.807) is 21.8 Å². The smallest absolute Gasteiger partial charge is 0.246 e. The van der Waals surface area contributed by atoms with E-state index < -0.39 is 6.04 Å². The molecule has 2 aliphatic heterocycles. The van der Waals surface area contributed by atoms with Gasteiger partial charge in [-0.15, -0.1) is 0 Å². The van der Waals surface area contributed by atoms with Crippen LogP contribution in [0, 0.1) is 0 Å². The molecule has 162 valence electrons. The molecule has 7 heteroatoms. The van der Waals surface area contributed by atoms with Crippen molar-refractivity contribution < 1.29 is 19.1 Å². The molecule has 0 aliphatic carbocycles. The van der Waals surface area contributed by atoms with Crippen molar-refractivity contribution in [3.8, 4) is 5.75 Å². The second-order valence-electron chi connectivity index (χ2n) is 7.98. The van der Waals surface area contributed by atoms with Gasteiger partial charge in [0.15, 0.2) is 0 Å². The number of benzene rings is 2. The molecule has 0 saturated carbocycles. The number of hydrogen-bond donors (Lipinski definition) is 0. The summed E-state index contributed by atoms with van der Waals surface area (Å²) in [6.07, 6.45) is 0.751. The summed E-state index contributed by atoms with van der Waals surface area (Å²) in [6, 6.07) is 16.6. The van der Waals surface area contributed by atoms with E-state index in [-0.39, 0.29) is 30.7 Å². The fraction of sp³-hybridized carbons (Fsp3) is 0.375. The van der Waals surface area contributed by atoms with Gasteiger partial charge in [-0.3, -0.25) is 14.4 Å². The van der Waals surface area contributed by atoms with E-state index in [9.17, 15) is 14.4 Å². The molecule has 2 aromatic rings. The van der Waals surface area contributed by atoms with Crippen LogP contribution in [-0.4, -0.2) is 71.8 Å². The Morgan fingerprint density at radius 3 is 2.42 bits per heavy atom. The zero-order valence-electron chi connectivity index (χ0n) is 17.7. The molecule has 7 nitrogen and oxygen atoms in total. The number of methoxy groups -OCH3 is 1. The second kappa shape index (κ2) is 9.20. The Morgan fingerprint density at radius 1 is 0.968 bits per heavy atom. The Hall–Kier alpha value is -3.35. The highest BCUT2D eigenvalue weighted by atomic mass is 16.5. The van der Waals surface area contributed by atoms with Crippen molar-refractivity contribution in [2.75, 3.05) is 33.3 Å². The maximum absolute atomic E-state index is 13.1. The zero-order valence-corrected chi connectivity index (χ0v) is 17.7. The minimum atomic E-state index is -0.497. The van der Waals surface area contributed by atoms with E-state index >= 15 is 0 Å². The number of rotatable bonds is 5. The van der Waals surface area contributed by atoms with Crippen molar-refractivity contribution in [1.29, 1.82) is 0 Å².